The fourth-order valence-electron chi connectivity index (χ4n) is 1.24. The molecule has 0 heterocycles. The zero-order valence-corrected chi connectivity index (χ0v) is 11.6. The summed E-state index contributed by atoms with van der Waals surface area (Å²) in [5.41, 5.74) is 0. The SMILES string of the molecule is CC(C)CCC(C)C.CCCC(C)C. The van der Waals surface area contributed by atoms with Gasteiger partial charge in [0.1, 0.15) is 0 Å². The topological polar surface area (TPSA) is 0 Å². The van der Waals surface area contributed by atoms with Gasteiger partial charge in [-0.25, -0.2) is 0 Å². The molecule has 0 rings (SSSR count). The molecule has 0 saturated heterocycles. The molecular weight excluding hydrogens is 168 g/mol. The highest BCUT2D eigenvalue weighted by atomic mass is 14.0. The van der Waals surface area contributed by atoms with Crippen molar-refractivity contribution in [3.05, 3.63) is 0 Å². The summed E-state index contributed by atoms with van der Waals surface area (Å²) < 4.78 is 0. The van der Waals surface area contributed by atoms with Gasteiger partial charge in [-0.05, 0) is 17.8 Å². The Morgan fingerprint density at radius 2 is 0.857 bits per heavy atom. The summed E-state index contributed by atoms with van der Waals surface area (Å²) >= 11 is 0. The standard InChI is InChI=1S/C8H18.C6H14/c1-7(2)5-6-8(3)4;1-4-5-6(2)3/h7-8H,5-6H2,1-4H3;6H,4-5H2,1-3H3. The van der Waals surface area contributed by atoms with Crippen molar-refractivity contribution in [2.45, 2.75) is 74.1 Å². The highest BCUT2D eigenvalue weighted by Gasteiger charge is 1.95. The van der Waals surface area contributed by atoms with E-state index < -0.39 is 0 Å². The van der Waals surface area contributed by atoms with Crippen LogP contribution in [-0.2, 0) is 0 Å². The van der Waals surface area contributed by atoms with Crippen LogP contribution in [0.5, 0.6) is 0 Å². The van der Waals surface area contributed by atoms with Crippen molar-refractivity contribution >= 4 is 0 Å². The van der Waals surface area contributed by atoms with Crippen LogP contribution in [0.15, 0.2) is 0 Å². The Labute approximate surface area is 92.5 Å². The third kappa shape index (κ3) is 22.7. The van der Waals surface area contributed by atoms with Gasteiger partial charge in [-0.1, -0.05) is 74.1 Å². The third-order valence-corrected chi connectivity index (χ3v) is 2.19. The molecule has 0 fully saturated rings. The van der Waals surface area contributed by atoms with Crippen molar-refractivity contribution in [1.29, 1.82) is 0 Å². The van der Waals surface area contributed by atoms with E-state index in [4.69, 9.17) is 0 Å². The van der Waals surface area contributed by atoms with Gasteiger partial charge in [-0.15, -0.1) is 0 Å². The largest absolute Gasteiger partial charge is 0.0654 e. The van der Waals surface area contributed by atoms with Crippen molar-refractivity contribution in [1.82, 2.24) is 0 Å². The number of rotatable bonds is 5. The molecule has 0 saturated carbocycles. The van der Waals surface area contributed by atoms with E-state index in [1.54, 1.807) is 0 Å². The number of hydrogen-bond acceptors (Lipinski definition) is 0. The molecule has 0 aromatic carbocycles. The molecule has 88 valence electrons. The minimum Gasteiger partial charge on any atom is -0.0654 e. The third-order valence-electron chi connectivity index (χ3n) is 2.19. The summed E-state index contributed by atoms with van der Waals surface area (Å²) in [6.07, 6.45) is 5.48. The van der Waals surface area contributed by atoms with E-state index in [0.717, 1.165) is 17.8 Å². The lowest BCUT2D eigenvalue weighted by molar-refractivity contribution is 0.476. The molecule has 0 spiro atoms. The highest BCUT2D eigenvalue weighted by Crippen LogP contribution is 2.09. The van der Waals surface area contributed by atoms with Gasteiger partial charge >= 0.3 is 0 Å². The molecule has 0 amide bonds. The lowest BCUT2D eigenvalue weighted by Crippen LogP contribution is -1.91. The van der Waals surface area contributed by atoms with Crippen molar-refractivity contribution in [2.24, 2.45) is 17.8 Å². The smallest absolute Gasteiger partial charge is 0.0471 e. The molecule has 0 atom stereocenters. The van der Waals surface area contributed by atoms with Gasteiger partial charge in [-0.3, -0.25) is 0 Å². The average Bonchev–Trinajstić information content (AvgIpc) is 2.01. The molecule has 0 unspecified atom stereocenters. The first-order chi connectivity index (χ1) is 6.40. The fraction of sp³-hybridized carbons (Fsp3) is 1.00. The van der Waals surface area contributed by atoms with Crippen LogP contribution in [0.3, 0.4) is 0 Å². The average molecular weight is 200 g/mol. The van der Waals surface area contributed by atoms with Gasteiger partial charge in [0.2, 0.25) is 0 Å². The van der Waals surface area contributed by atoms with Crippen LogP contribution in [0.4, 0.5) is 0 Å². The second-order valence-corrected chi connectivity index (χ2v) is 5.55. The van der Waals surface area contributed by atoms with Crippen molar-refractivity contribution in [3.8, 4) is 0 Å². The van der Waals surface area contributed by atoms with Gasteiger partial charge in [0, 0.05) is 0 Å². The van der Waals surface area contributed by atoms with E-state index in [-0.39, 0.29) is 0 Å². The molecule has 0 aromatic rings. The second-order valence-electron chi connectivity index (χ2n) is 5.55. The van der Waals surface area contributed by atoms with Crippen LogP contribution < -0.4 is 0 Å². The van der Waals surface area contributed by atoms with E-state index in [2.05, 4.69) is 48.5 Å². The predicted molar refractivity (Wildman–Crippen MR) is 68.7 cm³/mol. The maximum absolute atomic E-state index is 2.28. The lowest BCUT2D eigenvalue weighted by atomic mass is 10.0. The molecule has 0 radical (unpaired) electrons. The van der Waals surface area contributed by atoms with Crippen LogP contribution in [-0.4, -0.2) is 0 Å². The first-order valence-corrected chi connectivity index (χ1v) is 6.40. The predicted octanol–water partition coefficient (Wildman–Crippen LogP) is 5.52. The number of hydrogen-bond donors (Lipinski definition) is 0. The fourth-order valence-corrected chi connectivity index (χ4v) is 1.24. The zero-order chi connectivity index (χ0) is 11.6. The Kier molecular flexibility index (Phi) is 13.0. The first kappa shape index (κ1) is 16.4. The van der Waals surface area contributed by atoms with E-state index in [1.807, 2.05) is 0 Å². The molecule has 0 aromatic heterocycles. The Morgan fingerprint density at radius 3 is 0.929 bits per heavy atom. The molecular formula is C14H32. The van der Waals surface area contributed by atoms with Crippen LogP contribution >= 0.6 is 0 Å². The van der Waals surface area contributed by atoms with Crippen LogP contribution in [0.25, 0.3) is 0 Å². The van der Waals surface area contributed by atoms with Crippen molar-refractivity contribution in [2.75, 3.05) is 0 Å². The van der Waals surface area contributed by atoms with Gasteiger partial charge in [0.15, 0.2) is 0 Å². The second kappa shape index (κ2) is 11.1. The Balaban J connectivity index is 0. The summed E-state index contributed by atoms with van der Waals surface area (Å²) in [4.78, 5) is 0. The summed E-state index contributed by atoms with van der Waals surface area (Å²) in [5, 5.41) is 0. The van der Waals surface area contributed by atoms with Crippen molar-refractivity contribution < 1.29 is 0 Å². The highest BCUT2D eigenvalue weighted by molar-refractivity contribution is 4.48. The lowest BCUT2D eigenvalue weighted by Gasteiger charge is -2.05. The molecule has 0 aliphatic heterocycles. The van der Waals surface area contributed by atoms with Crippen molar-refractivity contribution in [3.63, 3.8) is 0 Å². The maximum atomic E-state index is 2.28. The van der Waals surface area contributed by atoms with Gasteiger partial charge in [0.05, 0.1) is 0 Å². The molecule has 0 aliphatic carbocycles. The summed E-state index contributed by atoms with van der Waals surface area (Å²) in [5.74, 6) is 2.67. The van der Waals surface area contributed by atoms with E-state index in [0.29, 0.717) is 0 Å². The van der Waals surface area contributed by atoms with Gasteiger partial charge in [-0.2, -0.15) is 0 Å². The van der Waals surface area contributed by atoms with E-state index in [9.17, 15) is 0 Å². The Bertz CT molecular complexity index is 82.2. The van der Waals surface area contributed by atoms with Crippen LogP contribution in [0, 0.1) is 17.8 Å². The van der Waals surface area contributed by atoms with E-state index >= 15 is 0 Å². The molecule has 0 aliphatic rings. The normalized spacial score (nSPS) is 10.7. The van der Waals surface area contributed by atoms with Crippen LogP contribution in [0.1, 0.15) is 74.1 Å². The Morgan fingerprint density at radius 1 is 0.571 bits per heavy atom. The molecule has 14 heavy (non-hydrogen) atoms. The first-order valence-electron chi connectivity index (χ1n) is 6.40. The molecule has 0 N–H and O–H groups in total. The van der Waals surface area contributed by atoms with E-state index in [1.165, 1.54) is 25.7 Å². The van der Waals surface area contributed by atoms with Crippen LogP contribution in [0.2, 0.25) is 0 Å². The van der Waals surface area contributed by atoms with Gasteiger partial charge < -0.3 is 0 Å². The summed E-state index contributed by atoms with van der Waals surface area (Å²) in [7, 11) is 0. The maximum Gasteiger partial charge on any atom is -0.0471 e. The molecule has 0 bridgehead atoms. The summed E-state index contributed by atoms with van der Waals surface area (Å²) in [6.45, 7) is 15.8. The summed E-state index contributed by atoms with van der Waals surface area (Å²) in [6, 6.07) is 0. The Hall–Kier alpha value is 0. The minimum absolute atomic E-state index is 0.886. The zero-order valence-electron chi connectivity index (χ0n) is 11.6. The van der Waals surface area contributed by atoms with Gasteiger partial charge in [0.25, 0.3) is 0 Å². The monoisotopic (exact) mass is 200 g/mol. The quantitative estimate of drug-likeness (QED) is 0.548. The molecule has 0 heteroatoms. The minimum atomic E-state index is 0.886. The molecule has 0 nitrogen and oxygen atoms in total.